The van der Waals surface area contributed by atoms with Gasteiger partial charge in [0.05, 0.1) is 16.8 Å². The number of anilines is 2. The van der Waals surface area contributed by atoms with Gasteiger partial charge in [0.25, 0.3) is 0 Å². The lowest BCUT2D eigenvalue weighted by Gasteiger charge is -2.25. The fraction of sp³-hybridized carbons (Fsp3) is 0.105. The number of nitrogens with zero attached hydrogens (tertiary/aromatic N) is 2. The monoisotopic (exact) mass is 354 g/mol. The van der Waals surface area contributed by atoms with Gasteiger partial charge in [-0.05, 0) is 54.1 Å². The molecule has 0 spiro atoms. The van der Waals surface area contributed by atoms with Crippen molar-refractivity contribution in [3.8, 4) is 5.75 Å². The Morgan fingerprint density at radius 3 is 2.36 bits per heavy atom. The second-order valence-electron chi connectivity index (χ2n) is 5.73. The highest BCUT2D eigenvalue weighted by Gasteiger charge is 2.13. The minimum Gasteiger partial charge on any atom is -0.508 e. The van der Waals surface area contributed by atoms with Crippen molar-refractivity contribution in [2.45, 2.75) is 11.4 Å². The molecular weight excluding hydrogens is 336 g/mol. The Balaban J connectivity index is 1.99. The van der Waals surface area contributed by atoms with E-state index in [0.717, 1.165) is 16.9 Å². The molecule has 0 saturated heterocycles. The van der Waals surface area contributed by atoms with Crippen molar-refractivity contribution >= 4 is 21.2 Å². The van der Waals surface area contributed by atoms with Crippen molar-refractivity contribution < 1.29 is 13.5 Å². The van der Waals surface area contributed by atoms with Crippen LogP contribution in [0.15, 0.2) is 78.0 Å². The van der Waals surface area contributed by atoms with Gasteiger partial charge in [0.2, 0.25) is 0 Å². The van der Waals surface area contributed by atoms with Crippen LogP contribution in [0.3, 0.4) is 0 Å². The molecule has 1 N–H and O–H groups in total. The lowest BCUT2D eigenvalue weighted by Crippen LogP contribution is -2.16. The zero-order valence-corrected chi connectivity index (χ0v) is 14.5. The first kappa shape index (κ1) is 17.0. The number of phenols is 1. The molecule has 0 atom stereocenters. The fourth-order valence-corrected chi connectivity index (χ4v) is 3.19. The first-order chi connectivity index (χ1) is 11.9. The Morgan fingerprint density at radius 1 is 1.00 bits per heavy atom. The molecule has 6 heteroatoms. The van der Waals surface area contributed by atoms with Gasteiger partial charge in [-0.15, -0.1) is 0 Å². The van der Waals surface area contributed by atoms with Gasteiger partial charge in [0.1, 0.15) is 5.75 Å². The van der Waals surface area contributed by atoms with E-state index in [1.807, 2.05) is 23.1 Å². The van der Waals surface area contributed by atoms with E-state index in [1.165, 1.54) is 6.26 Å². The molecule has 0 aliphatic carbocycles. The predicted octanol–water partition coefficient (Wildman–Crippen LogP) is 3.53. The molecule has 0 saturated carbocycles. The normalized spacial score (nSPS) is 11.2. The molecule has 1 aromatic heterocycles. The van der Waals surface area contributed by atoms with Crippen molar-refractivity contribution in [3.05, 3.63) is 78.6 Å². The van der Waals surface area contributed by atoms with E-state index in [2.05, 4.69) is 4.98 Å². The first-order valence-corrected chi connectivity index (χ1v) is 9.58. The molecule has 2 aromatic carbocycles. The molecule has 5 nitrogen and oxygen atoms in total. The summed E-state index contributed by atoms with van der Waals surface area (Å²) in [6, 6.07) is 17.5. The highest BCUT2D eigenvalue weighted by Crippen LogP contribution is 2.28. The molecule has 1 heterocycles. The number of benzene rings is 2. The van der Waals surface area contributed by atoms with Gasteiger partial charge in [0.15, 0.2) is 9.84 Å². The topological polar surface area (TPSA) is 70.5 Å². The van der Waals surface area contributed by atoms with Crippen molar-refractivity contribution in [1.29, 1.82) is 0 Å². The second kappa shape index (κ2) is 6.94. The summed E-state index contributed by atoms with van der Waals surface area (Å²) in [6.45, 7) is 0.512. The van der Waals surface area contributed by atoms with Crippen LogP contribution in [0, 0.1) is 0 Å². The van der Waals surface area contributed by atoms with Crippen LogP contribution in [0.2, 0.25) is 0 Å². The summed E-state index contributed by atoms with van der Waals surface area (Å²) >= 11 is 0. The molecule has 0 unspecified atom stereocenters. The Morgan fingerprint density at radius 2 is 1.76 bits per heavy atom. The maximum atomic E-state index is 11.7. The molecule has 3 aromatic rings. The van der Waals surface area contributed by atoms with Crippen LogP contribution in [-0.4, -0.2) is 24.8 Å². The number of rotatable bonds is 5. The zero-order valence-electron chi connectivity index (χ0n) is 13.7. The van der Waals surface area contributed by atoms with E-state index in [9.17, 15) is 13.5 Å². The van der Waals surface area contributed by atoms with E-state index in [0.29, 0.717) is 6.54 Å². The van der Waals surface area contributed by atoms with Crippen molar-refractivity contribution in [1.82, 2.24) is 4.98 Å². The van der Waals surface area contributed by atoms with Crippen LogP contribution >= 0.6 is 0 Å². The number of sulfone groups is 1. The summed E-state index contributed by atoms with van der Waals surface area (Å²) in [4.78, 5) is 6.45. The van der Waals surface area contributed by atoms with Gasteiger partial charge in [-0.1, -0.05) is 12.1 Å². The molecule has 0 fully saturated rings. The molecule has 0 amide bonds. The molecule has 128 valence electrons. The van der Waals surface area contributed by atoms with E-state index < -0.39 is 9.84 Å². The number of pyridine rings is 1. The molecule has 0 bridgehead atoms. The van der Waals surface area contributed by atoms with Crippen LogP contribution in [-0.2, 0) is 16.4 Å². The minimum absolute atomic E-state index is 0.205. The molecular formula is C19H18N2O3S. The third kappa shape index (κ3) is 4.16. The summed E-state index contributed by atoms with van der Waals surface area (Å²) in [5.41, 5.74) is 2.64. The average Bonchev–Trinajstić information content (AvgIpc) is 2.60. The van der Waals surface area contributed by atoms with Gasteiger partial charge < -0.3 is 10.0 Å². The second-order valence-corrected chi connectivity index (χ2v) is 7.75. The maximum absolute atomic E-state index is 11.7. The number of hydrogen-bond acceptors (Lipinski definition) is 5. The smallest absolute Gasteiger partial charge is 0.175 e. The van der Waals surface area contributed by atoms with Gasteiger partial charge >= 0.3 is 0 Å². The Bertz CT molecular complexity index is 955. The van der Waals surface area contributed by atoms with Crippen molar-refractivity contribution in [2.75, 3.05) is 11.2 Å². The zero-order chi connectivity index (χ0) is 17.9. The van der Waals surface area contributed by atoms with E-state index >= 15 is 0 Å². The maximum Gasteiger partial charge on any atom is 0.175 e. The van der Waals surface area contributed by atoms with E-state index in [-0.39, 0.29) is 10.6 Å². The quantitative estimate of drug-likeness (QED) is 0.759. The van der Waals surface area contributed by atoms with Gasteiger partial charge in [-0.3, -0.25) is 4.98 Å². The summed E-state index contributed by atoms with van der Waals surface area (Å²) in [6.07, 6.45) is 4.63. The van der Waals surface area contributed by atoms with Crippen molar-refractivity contribution in [2.24, 2.45) is 0 Å². The highest BCUT2D eigenvalue weighted by molar-refractivity contribution is 7.90. The number of aromatic hydroxyl groups is 1. The Kier molecular flexibility index (Phi) is 4.72. The molecule has 0 radical (unpaired) electrons. The van der Waals surface area contributed by atoms with Gasteiger partial charge in [-0.2, -0.15) is 0 Å². The summed E-state index contributed by atoms with van der Waals surface area (Å²) < 4.78 is 23.3. The minimum atomic E-state index is -3.24. The highest BCUT2D eigenvalue weighted by atomic mass is 32.2. The lowest BCUT2D eigenvalue weighted by atomic mass is 10.1. The Hall–Kier alpha value is -2.86. The van der Waals surface area contributed by atoms with Gasteiger partial charge in [0, 0.05) is 24.7 Å². The Labute approximate surface area is 147 Å². The number of aromatic nitrogens is 1. The predicted molar refractivity (Wildman–Crippen MR) is 97.7 cm³/mol. The van der Waals surface area contributed by atoms with Crippen molar-refractivity contribution in [3.63, 3.8) is 0 Å². The largest absolute Gasteiger partial charge is 0.508 e. The van der Waals surface area contributed by atoms with E-state index in [4.69, 9.17) is 0 Å². The van der Waals surface area contributed by atoms with Crippen LogP contribution in [0.4, 0.5) is 11.4 Å². The number of phenolic OH excluding ortho intramolecular Hbond substituents is 1. The van der Waals surface area contributed by atoms with E-state index in [1.54, 1.807) is 54.9 Å². The van der Waals surface area contributed by atoms with Gasteiger partial charge in [-0.25, -0.2) is 8.42 Å². The lowest BCUT2D eigenvalue weighted by molar-refractivity contribution is 0.474. The summed E-state index contributed by atoms with van der Waals surface area (Å²) in [5.74, 6) is 0.205. The third-order valence-corrected chi connectivity index (χ3v) is 4.91. The van der Waals surface area contributed by atoms with Crippen LogP contribution in [0.5, 0.6) is 5.75 Å². The van der Waals surface area contributed by atoms with Crippen LogP contribution in [0.25, 0.3) is 0 Å². The first-order valence-electron chi connectivity index (χ1n) is 7.69. The third-order valence-electron chi connectivity index (χ3n) is 3.79. The molecule has 3 rings (SSSR count). The SMILES string of the molecule is CS(=O)(=O)c1ccc(N(Cc2cccc(O)c2)c2cccnc2)cc1. The molecule has 0 aliphatic heterocycles. The molecule has 25 heavy (non-hydrogen) atoms. The van der Waals surface area contributed by atoms with Crippen LogP contribution in [0.1, 0.15) is 5.56 Å². The standard InChI is InChI=1S/C19H18N2O3S/c1-25(23,24)19-9-7-16(8-10-19)21(17-5-3-11-20-13-17)14-15-4-2-6-18(22)12-15/h2-13,22H,14H2,1H3. The average molecular weight is 354 g/mol. The number of hydrogen-bond donors (Lipinski definition) is 1. The van der Waals surface area contributed by atoms with Crippen LogP contribution < -0.4 is 4.90 Å². The molecule has 0 aliphatic rings. The summed E-state index contributed by atoms with van der Waals surface area (Å²) in [7, 11) is -3.24. The fourth-order valence-electron chi connectivity index (χ4n) is 2.56. The summed E-state index contributed by atoms with van der Waals surface area (Å²) in [5, 5.41) is 9.70.